The van der Waals surface area contributed by atoms with Crippen LogP contribution in [0.1, 0.15) is 48.6 Å². The first-order valence-electron chi connectivity index (χ1n) is 9.18. The van der Waals surface area contributed by atoms with Crippen LogP contribution in [0.15, 0.2) is 18.7 Å². The minimum atomic E-state index is 0.565. The van der Waals surface area contributed by atoms with Crippen molar-refractivity contribution < 1.29 is 4.74 Å². The summed E-state index contributed by atoms with van der Waals surface area (Å²) in [4.78, 5) is 19.7. The number of aromatic nitrogens is 4. The third kappa shape index (κ3) is 3.72. The number of anilines is 1. The molecule has 4 rings (SSSR count). The lowest BCUT2D eigenvalue weighted by molar-refractivity contribution is 0.214. The standard InChI is InChI=1S/C19H25N5O/c1-13-14(2)20-11-23-19(13)25-10-15-5-7-24(8-6-15)18-9-17(16-3-4-16)21-12-22-18/h9,11-12,15-16H,3-8,10H2,1-2H3. The summed E-state index contributed by atoms with van der Waals surface area (Å²) >= 11 is 0. The predicted molar refractivity (Wildman–Crippen MR) is 95.9 cm³/mol. The number of hydrogen-bond donors (Lipinski definition) is 0. The van der Waals surface area contributed by atoms with E-state index < -0.39 is 0 Å². The molecule has 0 radical (unpaired) electrons. The van der Waals surface area contributed by atoms with Crippen LogP contribution in [0.4, 0.5) is 5.82 Å². The fourth-order valence-corrected chi connectivity index (χ4v) is 3.32. The highest BCUT2D eigenvalue weighted by Gasteiger charge is 2.27. The van der Waals surface area contributed by atoms with Crippen molar-refractivity contribution >= 4 is 5.82 Å². The van der Waals surface area contributed by atoms with Crippen molar-refractivity contribution in [3.63, 3.8) is 0 Å². The van der Waals surface area contributed by atoms with Crippen LogP contribution in [0.3, 0.4) is 0 Å². The topological polar surface area (TPSA) is 64.0 Å². The quantitative estimate of drug-likeness (QED) is 0.834. The fourth-order valence-electron chi connectivity index (χ4n) is 3.32. The number of aryl methyl sites for hydroxylation is 1. The molecule has 132 valence electrons. The number of nitrogens with zero attached hydrogens (tertiary/aromatic N) is 5. The maximum Gasteiger partial charge on any atom is 0.219 e. The molecule has 0 amide bonds. The van der Waals surface area contributed by atoms with Crippen molar-refractivity contribution in [2.45, 2.75) is 45.4 Å². The van der Waals surface area contributed by atoms with Gasteiger partial charge in [-0.05, 0) is 45.4 Å². The van der Waals surface area contributed by atoms with Crippen molar-refractivity contribution in [1.29, 1.82) is 0 Å². The third-order valence-corrected chi connectivity index (χ3v) is 5.35. The molecule has 0 aromatic carbocycles. The number of ether oxygens (including phenoxy) is 1. The molecule has 1 aliphatic heterocycles. The minimum Gasteiger partial charge on any atom is -0.477 e. The van der Waals surface area contributed by atoms with E-state index in [1.165, 1.54) is 18.5 Å². The Balaban J connectivity index is 1.31. The van der Waals surface area contributed by atoms with Gasteiger partial charge in [0.05, 0.1) is 6.61 Å². The van der Waals surface area contributed by atoms with Crippen molar-refractivity contribution in [2.75, 3.05) is 24.6 Å². The smallest absolute Gasteiger partial charge is 0.219 e. The lowest BCUT2D eigenvalue weighted by Gasteiger charge is -2.32. The summed E-state index contributed by atoms with van der Waals surface area (Å²) in [5.74, 6) is 3.04. The summed E-state index contributed by atoms with van der Waals surface area (Å²) < 4.78 is 5.96. The largest absolute Gasteiger partial charge is 0.477 e. The van der Waals surface area contributed by atoms with Crippen LogP contribution in [-0.2, 0) is 0 Å². The van der Waals surface area contributed by atoms with Gasteiger partial charge in [0, 0.05) is 42.0 Å². The zero-order chi connectivity index (χ0) is 17.2. The third-order valence-electron chi connectivity index (χ3n) is 5.35. The van der Waals surface area contributed by atoms with E-state index in [1.807, 2.05) is 13.8 Å². The lowest BCUT2D eigenvalue weighted by Crippen LogP contribution is -2.36. The van der Waals surface area contributed by atoms with Gasteiger partial charge in [-0.2, -0.15) is 0 Å². The van der Waals surface area contributed by atoms with Crippen LogP contribution in [0, 0.1) is 19.8 Å². The summed E-state index contributed by atoms with van der Waals surface area (Å²) in [6.07, 6.45) is 8.08. The normalized spacial score (nSPS) is 18.4. The van der Waals surface area contributed by atoms with E-state index in [9.17, 15) is 0 Å². The van der Waals surface area contributed by atoms with Gasteiger partial charge in [0.25, 0.3) is 0 Å². The van der Waals surface area contributed by atoms with E-state index in [2.05, 4.69) is 30.9 Å². The molecule has 2 aromatic heterocycles. The second kappa shape index (κ2) is 6.94. The van der Waals surface area contributed by atoms with Gasteiger partial charge in [0.2, 0.25) is 5.88 Å². The highest BCUT2D eigenvalue weighted by molar-refractivity contribution is 5.40. The van der Waals surface area contributed by atoms with Crippen LogP contribution in [0.25, 0.3) is 0 Å². The van der Waals surface area contributed by atoms with E-state index in [4.69, 9.17) is 4.74 Å². The van der Waals surface area contributed by atoms with Gasteiger partial charge in [-0.1, -0.05) is 0 Å². The van der Waals surface area contributed by atoms with Crippen molar-refractivity contribution in [3.05, 3.63) is 35.7 Å². The van der Waals surface area contributed by atoms with Gasteiger partial charge in [0.1, 0.15) is 18.5 Å². The molecule has 6 nitrogen and oxygen atoms in total. The van der Waals surface area contributed by atoms with E-state index in [0.717, 1.165) is 55.5 Å². The molecule has 2 aromatic rings. The fraction of sp³-hybridized carbons (Fsp3) is 0.579. The Morgan fingerprint density at radius 1 is 1.00 bits per heavy atom. The summed E-state index contributed by atoms with van der Waals surface area (Å²) in [6.45, 7) is 6.77. The maximum atomic E-state index is 5.96. The van der Waals surface area contributed by atoms with Gasteiger partial charge >= 0.3 is 0 Å². The van der Waals surface area contributed by atoms with Crippen molar-refractivity contribution in [1.82, 2.24) is 19.9 Å². The molecule has 3 heterocycles. The second-order valence-corrected chi connectivity index (χ2v) is 7.21. The first-order valence-corrected chi connectivity index (χ1v) is 9.18. The Labute approximate surface area is 148 Å². The second-order valence-electron chi connectivity index (χ2n) is 7.21. The highest BCUT2D eigenvalue weighted by atomic mass is 16.5. The summed E-state index contributed by atoms with van der Waals surface area (Å²) in [6, 6.07) is 2.18. The maximum absolute atomic E-state index is 5.96. The van der Waals surface area contributed by atoms with Gasteiger partial charge in [-0.3, -0.25) is 0 Å². The molecular weight excluding hydrogens is 314 g/mol. The predicted octanol–water partition coefficient (Wildman–Crippen LogP) is 3.06. The van der Waals surface area contributed by atoms with Crippen LogP contribution in [0.2, 0.25) is 0 Å². The van der Waals surface area contributed by atoms with E-state index >= 15 is 0 Å². The Bertz CT molecular complexity index is 738. The van der Waals surface area contributed by atoms with Crippen molar-refractivity contribution in [2.24, 2.45) is 5.92 Å². The average Bonchev–Trinajstić information content (AvgIpc) is 3.49. The molecular formula is C19H25N5O. The highest BCUT2D eigenvalue weighted by Crippen LogP contribution is 2.39. The molecule has 0 unspecified atom stereocenters. The van der Waals surface area contributed by atoms with Crippen LogP contribution < -0.4 is 9.64 Å². The Kier molecular flexibility index (Phi) is 4.51. The molecule has 0 bridgehead atoms. The number of rotatable bonds is 5. The van der Waals surface area contributed by atoms with Gasteiger partial charge < -0.3 is 9.64 Å². The molecule has 2 fully saturated rings. The zero-order valence-electron chi connectivity index (χ0n) is 15.0. The molecule has 2 aliphatic rings. The lowest BCUT2D eigenvalue weighted by atomic mass is 9.98. The number of piperidine rings is 1. The molecule has 0 atom stereocenters. The molecule has 0 spiro atoms. The summed E-state index contributed by atoms with van der Waals surface area (Å²) in [5.41, 5.74) is 3.23. The minimum absolute atomic E-state index is 0.565. The molecule has 1 saturated heterocycles. The van der Waals surface area contributed by atoms with Crippen molar-refractivity contribution in [3.8, 4) is 5.88 Å². The summed E-state index contributed by atoms with van der Waals surface area (Å²) in [5, 5.41) is 0. The SMILES string of the molecule is Cc1ncnc(OCC2CCN(c3cc(C4CC4)ncn3)CC2)c1C. The van der Waals surface area contributed by atoms with Crippen LogP contribution in [0.5, 0.6) is 5.88 Å². The van der Waals surface area contributed by atoms with Gasteiger partial charge in [-0.15, -0.1) is 0 Å². The first kappa shape index (κ1) is 16.2. The van der Waals surface area contributed by atoms with Gasteiger partial charge in [0.15, 0.2) is 0 Å². The zero-order valence-corrected chi connectivity index (χ0v) is 15.0. The molecule has 25 heavy (non-hydrogen) atoms. The Morgan fingerprint density at radius 2 is 1.76 bits per heavy atom. The van der Waals surface area contributed by atoms with Crippen LogP contribution in [-0.4, -0.2) is 39.6 Å². The molecule has 1 aliphatic carbocycles. The molecule has 6 heteroatoms. The Hall–Kier alpha value is -2.24. The van der Waals surface area contributed by atoms with E-state index in [0.29, 0.717) is 11.8 Å². The molecule has 0 N–H and O–H groups in total. The van der Waals surface area contributed by atoms with Crippen LogP contribution >= 0.6 is 0 Å². The van der Waals surface area contributed by atoms with E-state index in [1.54, 1.807) is 12.7 Å². The summed E-state index contributed by atoms with van der Waals surface area (Å²) in [7, 11) is 0. The Morgan fingerprint density at radius 3 is 2.52 bits per heavy atom. The number of hydrogen-bond acceptors (Lipinski definition) is 6. The monoisotopic (exact) mass is 339 g/mol. The van der Waals surface area contributed by atoms with E-state index in [-0.39, 0.29) is 0 Å². The average molecular weight is 339 g/mol. The molecule has 1 saturated carbocycles. The first-order chi connectivity index (χ1) is 12.2. The van der Waals surface area contributed by atoms with Gasteiger partial charge in [-0.25, -0.2) is 19.9 Å².